The number of hydrogen-bond acceptors (Lipinski definition) is 5. The third-order valence-corrected chi connectivity index (χ3v) is 7.20. The number of aromatic nitrogens is 2. The van der Waals surface area contributed by atoms with Crippen LogP contribution in [0.3, 0.4) is 0 Å². The third kappa shape index (κ3) is 3.68. The van der Waals surface area contributed by atoms with Gasteiger partial charge >= 0.3 is 0 Å². The summed E-state index contributed by atoms with van der Waals surface area (Å²) in [4.78, 5) is 31.7. The van der Waals surface area contributed by atoms with E-state index in [1.165, 1.54) is 39.4 Å². The van der Waals surface area contributed by atoms with Gasteiger partial charge in [-0.2, -0.15) is 0 Å². The monoisotopic (exact) mass is 437 g/mol. The van der Waals surface area contributed by atoms with Gasteiger partial charge in [0.1, 0.15) is 10.6 Å². The number of thiophene rings is 1. The Morgan fingerprint density at radius 1 is 1.39 bits per heavy atom. The summed E-state index contributed by atoms with van der Waals surface area (Å²) in [6.07, 6.45) is 4.19. The van der Waals surface area contributed by atoms with Gasteiger partial charge < -0.3 is 5.32 Å². The van der Waals surface area contributed by atoms with Gasteiger partial charge in [0, 0.05) is 17.6 Å². The van der Waals surface area contributed by atoms with Crippen LogP contribution in [-0.4, -0.2) is 21.2 Å². The fourth-order valence-electron chi connectivity index (χ4n) is 3.30. The molecule has 9 heteroatoms. The van der Waals surface area contributed by atoms with Crippen molar-refractivity contribution in [3.63, 3.8) is 0 Å². The fourth-order valence-corrected chi connectivity index (χ4v) is 5.55. The zero-order chi connectivity index (χ0) is 19.8. The van der Waals surface area contributed by atoms with Crippen LogP contribution in [0.4, 0.5) is 10.1 Å². The Bertz CT molecular complexity index is 1140. The molecule has 0 saturated heterocycles. The summed E-state index contributed by atoms with van der Waals surface area (Å²) in [6, 6.07) is 4.00. The molecule has 0 fully saturated rings. The maximum absolute atomic E-state index is 13.2. The number of benzene rings is 1. The zero-order valence-electron chi connectivity index (χ0n) is 15.1. The lowest BCUT2D eigenvalue weighted by Gasteiger charge is -2.11. The molecule has 2 heterocycles. The number of carbonyl (C=O) groups is 1. The topological polar surface area (TPSA) is 64.0 Å². The number of nitrogens with zero attached hydrogens (tertiary/aromatic N) is 2. The number of nitrogens with one attached hydrogen (secondary N) is 1. The van der Waals surface area contributed by atoms with Crippen LogP contribution >= 0.6 is 34.7 Å². The van der Waals surface area contributed by atoms with Gasteiger partial charge in [-0.15, -0.1) is 11.3 Å². The van der Waals surface area contributed by atoms with E-state index in [4.69, 9.17) is 11.6 Å². The van der Waals surface area contributed by atoms with E-state index in [0.29, 0.717) is 10.8 Å². The highest BCUT2D eigenvalue weighted by atomic mass is 35.5. The van der Waals surface area contributed by atoms with Gasteiger partial charge in [0.2, 0.25) is 5.91 Å². The van der Waals surface area contributed by atoms with E-state index in [1.807, 2.05) is 0 Å². The molecule has 1 aromatic carbocycles. The van der Waals surface area contributed by atoms with E-state index in [0.717, 1.165) is 41.5 Å². The first-order valence-corrected chi connectivity index (χ1v) is 11.0. The van der Waals surface area contributed by atoms with Crippen molar-refractivity contribution < 1.29 is 9.18 Å². The van der Waals surface area contributed by atoms with E-state index in [1.54, 1.807) is 18.4 Å². The first-order valence-electron chi connectivity index (χ1n) is 8.83. The summed E-state index contributed by atoms with van der Waals surface area (Å²) in [5.74, 6) is -0.751. The Hall–Kier alpha value is -1.90. The number of fused-ring (bicyclic) bond motifs is 3. The molecule has 0 unspecified atom stereocenters. The first-order chi connectivity index (χ1) is 13.4. The first kappa shape index (κ1) is 19.4. The predicted octanol–water partition coefficient (Wildman–Crippen LogP) is 4.40. The molecular formula is C19H17ClFN3O2S2. The highest BCUT2D eigenvalue weighted by molar-refractivity contribution is 7.99. The van der Waals surface area contributed by atoms with E-state index < -0.39 is 5.82 Å². The second-order valence-electron chi connectivity index (χ2n) is 6.62. The van der Waals surface area contributed by atoms with Crippen LogP contribution in [0, 0.1) is 5.82 Å². The minimum Gasteiger partial charge on any atom is -0.325 e. The Balaban J connectivity index is 1.53. The molecule has 0 bridgehead atoms. The lowest BCUT2D eigenvalue weighted by atomic mass is 9.97. The number of thioether (sulfide) groups is 1. The third-order valence-electron chi connectivity index (χ3n) is 4.69. The molecule has 0 spiro atoms. The Labute approximate surface area is 173 Å². The van der Waals surface area contributed by atoms with E-state index in [9.17, 15) is 14.0 Å². The number of halogens is 2. The Kier molecular flexibility index (Phi) is 5.44. The van der Waals surface area contributed by atoms with Crippen molar-refractivity contribution in [3.8, 4) is 0 Å². The smallest absolute Gasteiger partial charge is 0.262 e. The normalized spacial score (nSPS) is 13.5. The standard InChI is InChI=1S/C19H17ClFN3O2S2/c1-24-18(26)16-11-4-2-3-5-14(11)28-17(16)23-19(24)27-9-15(25)22-10-6-7-13(21)12(20)8-10/h6-8H,2-5,9H2,1H3,(H,22,25). The quantitative estimate of drug-likeness (QED) is 0.485. The number of hydrogen-bond donors (Lipinski definition) is 1. The highest BCUT2D eigenvalue weighted by Gasteiger charge is 2.21. The second-order valence-corrected chi connectivity index (χ2v) is 9.05. The second kappa shape index (κ2) is 7.85. The van der Waals surface area contributed by atoms with Crippen LogP contribution in [0.15, 0.2) is 28.2 Å². The Morgan fingerprint density at radius 3 is 2.96 bits per heavy atom. The number of anilines is 1. The maximum Gasteiger partial charge on any atom is 0.262 e. The summed E-state index contributed by atoms with van der Waals surface area (Å²) in [6.45, 7) is 0. The van der Waals surface area contributed by atoms with Crippen molar-refractivity contribution in [2.45, 2.75) is 30.8 Å². The van der Waals surface area contributed by atoms with Crippen LogP contribution in [0.2, 0.25) is 5.02 Å². The molecule has 28 heavy (non-hydrogen) atoms. The van der Waals surface area contributed by atoms with Gasteiger partial charge in [-0.3, -0.25) is 14.2 Å². The molecule has 0 saturated carbocycles. The van der Waals surface area contributed by atoms with Gasteiger partial charge in [0.25, 0.3) is 5.56 Å². The van der Waals surface area contributed by atoms with Crippen molar-refractivity contribution in [1.82, 2.24) is 9.55 Å². The molecular weight excluding hydrogens is 421 g/mol. The lowest BCUT2D eigenvalue weighted by molar-refractivity contribution is -0.113. The van der Waals surface area contributed by atoms with Gasteiger partial charge in [-0.25, -0.2) is 9.37 Å². The Morgan fingerprint density at radius 2 is 2.18 bits per heavy atom. The minimum atomic E-state index is -0.541. The molecule has 1 aliphatic carbocycles. The maximum atomic E-state index is 13.2. The summed E-state index contributed by atoms with van der Waals surface area (Å²) >= 11 is 8.51. The van der Waals surface area contributed by atoms with Crippen molar-refractivity contribution in [2.24, 2.45) is 7.05 Å². The molecule has 5 nitrogen and oxygen atoms in total. The largest absolute Gasteiger partial charge is 0.325 e. The van der Waals surface area contributed by atoms with Gasteiger partial charge in [0.05, 0.1) is 16.2 Å². The van der Waals surface area contributed by atoms with E-state index >= 15 is 0 Å². The minimum absolute atomic E-state index is 0.0540. The van der Waals surface area contributed by atoms with Crippen molar-refractivity contribution in [3.05, 3.63) is 49.8 Å². The highest BCUT2D eigenvalue weighted by Crippen LogP contribution is 2.34. The van der Waals surface area contributed by atoms with Crippen molar-refractivity contribution >= 4 is 56.5 Å². The van der Waals surface area contributed by atoms with Crippen molar-refractivity contribution in [2.75, 3.05) is 11.1 Å². The van der Waals surface area contributed by atoms with Crippen LogP contribution < -0.4 is 10.9 Å². The van der Waals surface area contributed by atoms with Crippen LogP contribution in [-0.2, 0) is 24.7 Å². The molecule has 0 atom stereocenters. The summed E-state index contributed by atoms with van der Waals surface area (Å²) in [7, 11) is 1.68. The average Bonchev–Trinajstić information content (AvgIpc) is 3.05. The summed E-state index contributed by atoms with van der Waals surface area (Å²) in [5, 5.41) is 3.85. The molecule has 4 rings (SSSR count). The van der Waals surface area contributed by atoms with Crippen molar-refractivity contribution in [1.29, 1.82) is 0 Å². The van der Waals surface area contributed by atoms with E-state index in [-0.39, 0.29) is 22.2 Å². The molecule has 0 radical (unpaired) electrons. The molecule has 1 amide bonds. The van der Waals surface area contributed by atoms with Gasteiger partial charge in [0.15, 0.2) is 5.16 Å². The van der Waals surface area contributed by atoms with Crippen LogP contribution in [0.5, 0.6) is 0 Å². The number of aryl methyl sites for hydroxylation is 2. The molecule has 3 aromatic rings. The zero-order valence-corrected chi connectivity index (χ0v) is 17.4. The number of amides is 1. The molecule has 1 N–H and O–H groups in total. The summed E-state index contributed by atoms with van der Waals surface area (Å²) < 4.78 is 14.7. The number of carbonyl (C=O) groups excluding carboxylic acids is 1. The molecule has 146 valence electrons. The predicted molar refractivity (Wildman–Crippen MR) is 112 cm³/mol. The SMILES string of the molecule is Cn1c(SCC(=O)Nc2ccc(F)c(Cl)c2)nc2sc3c(c2c1=O)CCCC3. The summed E-state index contributed by atoms with van der Waals surface area (Å²) in [5.41, 5.74) is 1.51. The molecule has 1 aliphatic rings. The lowest BCUT2D eigenvalue weighted by Crippen LogP contribution is -2.22. The van der Waals surface area contributed by atoms with Crippen LogP contribution in [0.1, 0.15) is 23.3 Å². The molecule has 0 aliphatic heterocycles. The van der Waals surface area contributed by atoms with Crippen LogP contribution in [0.25, 0.3) is 10.2 Å². The van der Waals surface area contributed by atoms with Gasteiger partial charge in [-0.1, -0.05) is 23.4 Å². The van der Waals surface area contributed by atoms with Gasteiger partial charge in [-0.05, 0) is 49.4 Å². The average molecular weight is 438 g/mol. The fraction of sp³-hybridized carbons (Fsp3) is 0.316. The van der Waals surface area contributed by atoms with E-state index in [2.05, 4.69) is 10.3 Å². The number of rotatable bonds is 4. The molecule has 2 aromatic heterocycles.